The SMILES string of the molecule is O=C(NC1CCN(Cc2ccc(F)cc2)CC1)C1CCC(CN2Cc3ccccc3C2=O)CC1. The molecule has 5 nitrogen and oxygen atoms in total. The van der Waals surface area contributed by atoms with Crippen LogP contribution in [0.25, 0.3) is 0 Å². The van der Waals surface area contributed by atoms with Gasteiger partial charge in [-0.25, -0.2) is 4.39 Å². The second-order valence-electron chi connectivity index (χ2n) is 10.2. The second-order valence-corrected chi connectivity index (χ2v) is 10.2. The Morgan fingerprint density at radius 3 is 2.35 bits per heavy atom. The molecule has 0 spiro atoms. The molecule has 1 saturated heterocycles. The maximum absolute atomic E-state index is 13.1. The Labute approximate surface area is 201 Å². The molecule has 0 unspecified atom stereocenters. The number of carbonyl (C=O) groups excluding carboxylic acids is 2. The molecule has 2 fully saturated rings. The first-order valence-electron chi connectivity index (χ1n) is 12.7. The van der Waals surface area contributed by atoms with E-state index in [9.17, 15) is 14.0 Å². The number of carbonyl (C=O) groups is 2. The molecule has 2 amide bonds. The van der Waals surface area contributed by atoms with E-state index in [4.69, 9.17) is 0 Å². The Morgan fingerprint density at radius 2 is 1.65 bits per heavy atom. The minimum Gasteiger partial charge on any atom is -0.353 e. The van der Waals surface area contributed by atoms with Crippen LogP contribution in [-0.2, 0) is 17.9 Å². The van der Waals surface area contributed by atoms with Crippen LogP contribution in [0.15, 0.2) is 48.5 Å². The summed E-state index contributed by atoms with van der Waals surface area (Å²) in [4.78, 5) is 29.9. The van der Waals surface area contributed by atoms with E-state index in [1.165, 1.54) is 12.1 Å². The number of benzene rings is 2. The molecule has 0 aromatic heterocycles. The first kappa shape index (κ1) is 23.0. The van der Waals surface area contributed by atoms with Crippen molar-refractivity contribution in [2.24, 2.45) is 11.8 Å². The molecule has 6 heteroatoms. The number of nitrogens with one attached hydrogen (secondary N) is 1. The Balaban J connectivity index is 1.02. The van der Waals surface area contributed by atoms with Crippen molar-refractivity contribution < 1.29 is 14.0 Å². The second kappa shape index (κ2) is 10.3. The Morgan fingerprint density at radius 1 is 0.941 bits per heavy atom. The normalized spacial score (nSPS) is 23.7. The van der Waals surface area contributed by atoms with Gasteiger partial charge in [0.25, 0.3) is 5.91 Å². The number of fused-ring (bicyclic) bond motifs is 1. The van der Waals surface area contributed by atoms with Crippen LogP contribution in [0.3, 0.4) is 0 Å². The predicted molar refractivity (Wildman–Crippen MR) is 129 cm³/mol. The lowest BCUT2D eigenvalue weighted by Gasteiger charge is -2.34. The van der Waals surface area contributed by atoms with Crippen molar-refractivity contribution in [3.05, 3.63) is 71.0 Å². The van der Waals surface area contributed by atoms with Crippen molar-refractivity contribution in [2.75, 3.05) is 19.6 Å². The fraction of sp³-hybridized carbons (Fsp3) is 0.500. The van der Waals surface area contributed by atoms with E-state index in [2.05, 4.69) is 10.2 Å². The lowest BCUT2D eigenvalue weighted by atomic mass is 9.81. The maximum atomic E-state index is 13.1. The van der Waals surface area contributed by atoms with Crippen molar-refractivity contribution in [3.8, 4) is 0 Å². The predicted octanol–water partition coefficient (Wildman–Crippen LogP) is 4.37. The summed E-state index contributed by atoms with van der Waals surface area (Å²) in [6.45, 7) is 4.24. The average molecular weight is 464 g/mol. The quantitative estimate of drug-likeness (QED) is 0.692. The molecule has 180 valence electrons. The monoisotopic (exact) mass is 463 g/mol. The van der Waals surface area contributed by atoms with Crippen LogP contribution in [0.4, 0.5) is 4.39 Å². The molecule has 1 N–H and O–H groups in total. The smallest absolute Gasteiger partial charge is 0.254 e. The summed E-state index contributed by atoms with van der Waals surface area (Å²) in [7, 11) is 0. The maximum Gasteiger partial charge on any atom is 0.254 e. The molecule has 0 atom stereocenters. The molecule has 34 heavy (non-hydrogen) atoms. The van der Waals surface area contributed by atoms with Gasteiger partial charge < -0.3 is 10.2 Å². The van der Waals surface area contributed by atoms with Crippen molar-refractivity contribution >= 4 is 11.8 Å². The van der Waals surface area contributed by atoms with Gasteiger partial charge in [-0.05, 0) is 73.8 Å². The zero-order chi connectivity index (χ0) is 23.5. The minimum atomic E-state index is -0.200. The summed E-state index contributed by atoms with van der Waals surface area (Å²) in [5.41, 5.74) is 3.10. The van der Waals surface area contributed by atoms with Crippen LogP contribution in [0.2, 0.25) is 0 Å². The first-order valence-corrected chi connectivity index (χ1v) is 12.7. The molecule has 2 aromatic carbocycles. The summed E-state index contributed by atoms with van der Waals surface area (Å²) in [6.07, 6.45) is 5.76. The van der Waals surface area contributed by atoms with Gasteiger partial charge in [-0.2, -0.15) is 0 Å². The van der Waals surface area contributed by atoms with Crippen molar-refractivity contribution in [3.63, 3.8) is 0 Å². The van der Waals surface area contributed by atoms with Gasteiger partial charge in [-0.3, -0.25) is 14.5 Å². The first-order chi connectivity index (χ1) is 16.5. The van der Waals surface area contributed by atoms with Crippen LogP contribution in [0.5, 0.6) is 0 Å². The highest BCUT2D eigenvalue weighted by Gasteiger charge is 2.32. The number of amides is 2. The van der Waals surface area contributed by atoms with Gasteiger partial charge >= 0.3 is 0 Å². The lowest BCUT2D eigenvalue weighted by Crippen LogP contribution is -2.46. The van der Waals surface area contributed by atoms with Gasteiger partial charge in [-0.1, -0.05) is 30.3 Å². The molecule has 0 radical (unpaired) electrons. The van der Waals surface area contributed by atoms with Crippen LogP contribution in [0.1, 0.15) is 60.0 Å². The van der Waals surface area contributed by atoms with Gasteiger partial charge in [-0.15, -0.1) is 0 Å². The zero-order valence-electron chi connectivity index (χ0n) is 19.7. The molecule has 0 bridgehead atoms. The minimum absolute atomic E-state index is 0.0972. The van der Waals surface area contributed by atoms with E-state index in [0.29, 0.717) is 5.92 Å². The molecule has 3 aliphatic rings. The standard InChI is InChI=1S/C28H34FN3O2/c29-24-11-7-20(8-12-24)17-31-15-13-25(14-16-31)30-27(33)22-9-5-21(6-10-22)18-32-19-23-3-1-2-4-26(23)28(32)34/h1-4,7-8,11-12,21-22,25H,5-6,9-10,13-19H2,(H,30,33). The van der Waals surface area contributed by atoms with Crippen LogP contribution in [-0.4, -0.2) is 47.3 Å². The van der Waals surface area contributed by atoms with E-state index >= 15 is 0 Å². The summed E-state index contributed by atoms with van der Waals surface area (Å²) in [5, 5.41) is 3.31. The highest BCUT2D eigenvalue weighted by Crippen LogP contribution is 2.32. The van der Waals surface area contributed by atoms with Gasteiger partial charge in [0.2, 0.25) is 5.91 Å². The van der Waals surface area contributed by atoms with E-state index < -0.39 is 0 Å². The van der Waals surface area contributed by atoms with Crippen LogP contribution < -0.4 is 5.32 Å². The molecule has 2 aromatic rings. The van der Waals surface area contributed by atoms with Crippen molar-refractivity contribution in [1.29, 1.82) is 0 Å². The van der Waals surface area contributed by atoms with Gasteiger partial charge in [0.15, 0.2) is 0 Å². The Bertz CT molecular complexity index is 1010. The zero-order valence-corrected chi connectivity index (χ0v) is 19.7. The Hall–Kier alpha value is -2.73. The molecule has 5 rings (SSSR count). The number of hydrogen-bond donors (Lipinski definition) is 1. The number of hydrogen-bond acceptors (Lipinski definition) is 3. The van der Waals surface area contributed by atoms with Crippen molar-refractivity contribution in [1.82, 2.24) is 15.1 Å². The average Bonchev–Trinajstić information content (AvgIpc) is 3.17. The molecule has 1 aliphatic carbocycles. The number of likely N-dealkylation sites (tertiary alicyclic amines) is 1. The van der Waals surface area contributed by atoms with E-state index in [1.807, 2.05) is 41.3 Å². The highest BCUT2D eigenvalue weighted by molar-refractivity contribution is 5.98. The fourth-order valence-electron chi connectivity index (χ4n) is 5.78. The topological polar surface area (TPSA) is 52.7 Å². The van der Waals surface area contributed by atoms with E-state index in [1.54, 1.807) is 0 Å². The third-order valence-electron chi connectivity index (χ3n) is 7.85. The summed E-state index contributed by atoms with van der Waals surface area (Å²) in [6, 6.07) is 14.9. The van der Waals surface area contributed by atoms with Crippen LogP contribution >= 0.6 is 0 Å². The summed E-state index contributed by atoms with van der Waals surface area (Å²) >= 11 is 0. The van der Waals surface area contributed by atoms with E-state index in [0.717, 1.165) is 87.9 Å². The number of nitrogens with zero attached hydrogens (tertiary/aromatic N) is 2. The number of rotatable bonds is 6. The number of piperidine rings is 1. The summed E-state index contributed by atoms with van der Waals surface area (Å²) < 4.78 is 13.1. The molecular formula is C28H34FN3O2. The Kier molecular flexibility index (Phi) is 6.95. The molecule has 2 heterocycles. The lowest BCUT2D eigenvalue weighted by molar-refractivity contribution is -0.127. The van der Waals surface area contributed by atoms with Gasteiger partial charge in [0, 0.05) is 50.2 Å². The molecule has 1 saturated carbocycles. The largest absolute Gasteiger partial charge is 0.353 e. The molecular weight excluding hydrogens is 429 g/mol. The van der Waals surface area contributed by atoms with Gasteiger partial charge in [0.05, 0.1) is 0 Å². The number of halogens is 1. The molecule has 2 aliphatic heterocycles. The fourth-order valence-corrected chi connectivity index (χ4v) is 5.78. The van der Waals surface area contributed by atoms with Crippen molar-refractivity contribution in [2.45, 2.75) is 57.7 Å². The third kappa shape index (κ3) is 5.33. The highest BCUT2D eigenvalue weighted by atomic mass is 19.1. The van der Waals surface area contributed by atoms with E-state index in [-0.39, 0.29) is 29.6 Å². The third-order valence-corrected chi connectivity index (χ3v) is 7.85. The summed E-state index contributed by atoms with van der Waals surface area (Å²) in [5.74, 6) is 0.743. The van der Waals surface area contributed by atoms with Crippen LogP contribution in [0, 0.1) is 17.7 Å². The van der Waals surface area contributed by atoms with Gasteiger partial charge in [0.1, 0.15) is 5.82 Å².